The average molecular weight is 247 g/mol. The Morgan fingerprint density at radius 1 is 1.44 bits per heavy atom. The predicted octanol–water partition coefficient (Wildman–Crippen LogP) is 0.795. The normalized spacial score (nSPS) is 20.4. The quantitative estimate of drug-likeness (QED) is 0.823. The van der Waals surface area contributed by atoms with Crippen molar-refractivity contribution in [3.63, 3.8) is 0 Å². The zero-order valence-corrected chi connectivity index (χ0v) is 10.4. The largest absolute Gasteiger partial charge is 0.309 e. The number of hydrogen-bond acceptors (Lipinski definition) is 4. The second-order valence-electron chi connectivity index (χ2n) is 4.68. The lowest BCUT2D eigenvalue weighted by Crippen LogP contribution is -2.29. The predicted molar refractivity (Wildman–Crippen MR) is 67.6 cm³/mol. The fourth-order valence-electron chi connectivity index (χ4n) is 2.38. The van der Waals surface area contributed by atoms with Gasteiger partial charge >= 0.3 is 0 Å². The minimum atomic E-state index is -0.0884. The van der Waals surface area contributed by atoms with Gasteiger partial charge in [0.15, 0.2) is 0 Å². The van der Waals surface area contributed by atoms with Gasteiger partial charge in [-0.05, 0) is 19.4 Å². The molecule has 2 aromatic rings. The summed E-state index contributed by atoms with van der Waals surface area (Å²) in [4.78, 5) is 20.8. The molecule has 2 aromatic heterocycles. The van der Waals surface area contributed by atoms with Gasteiger partial charge in [-0.15, -0.1) is 0 Å². The third-order valence-corrected chi connectivity index (χ3v) is 3.40. The van der Waals surface area contributed by atoms with Crippen LogP contribution in [0.4, 0.5) is 0 Å². The van der Waals surface area contributed by atoms with E-state index in [0.29, 0.717) is 5.78 Å². The van der Waals surface area contributed by atoms with Gasteiger partial charge in [0, 0.05) is 18.5 Å². The number of fused-ring (bicyclic) bond motifs is 1. The highest BCUT2D eigenvalue weighted by Gasteiger charge is 2.18. The van der Waals surface area contributed by atoms with Crippen molar-refractivity contribution in [1.29, 1.82) is 0 Å². The summed E-state index contributed by atoms with van der Waals surface area (Å²) in [5.41, 5.74) is 0.725. The lowest BCUT2D eigenvalue weighted by Gasteiger charge is -2.22. The first kappa shape index (κ1) is 11.4. The highest BCUT2D eigenvalue weighted by molar-refractivity contribution is 5.29. The van der Waals surface area contributed by atoms with Crippen LogP contribution in [-0.4, -0.2) is 26.1 Å². The molecule has 1 saturated heterocycles. The van der Waals surface area contributed by atoms with Gasteiger partial charge in [0.2, 0.25) is 0 Å². The fraction of sp³-hybridized carbons (Fsp3) is 0.583. The van der Waals surface area contributed by atoms with E-state index in [-0.39, 0.29) is 11.6 Å². The molecule has 96 valence electrons. The summed E-state index contributed by atoms with van der Waals surface area (Å²) in [5.74, 6) is 1.26. The fourth-order valence-corrected chi connectivity index (χ4v) is 2.38. The Balaban J connectivity index is 2.05. The van der Waals surface area contributed by atoms with Gasteiger partial charge in [0.05, 0.1) is 5.69 Å². The molecule has 18 heavy (non-hydrogen) atoms. The third-order valence-electron chi connectivity index (χ3n) is 3.40. The topological polar surface area (TPSA) is 75.1 Å². The molecule has 3 rings (SSSR count). The summed E-state index contributed by atoms with van der Waals surface area (Å²) in [6, 6.07) is 1.80. The van der Waals surface area contributed by atoms with E-state index in [1.165, 1.54) is 17.4 Å². The Morgan fingerprint density at radius 2 is 2.33 bits per heavy atom. The van der Waals surface area contributed by atoms with E-state index in [9.17, 15) is 4.79 Å². The molecule has 1 fully saturated rings. The average Bonchev–Trinajstić information content (AvgIpc) is 2.83. The highest BCUT2D eigenvalue weighted by Crippen LogP contribution is 2.20. The van der Waals surface area contributed by atoms with Crippen LogP contribution < -0.4 is 10.9 Å². The van der Waals surface area contributed by atoms with Gasteiger partial charge in [0.25, 0.3) is 11.3 Å². The molecule has 1 atom stereocenters. The van der Waals surface area contributed by atoms with Crippen molar-refractivity contribution in [2.45, 2.75) is 38.6 Å². The lowest BCUT2D eigenvalue weighted by atomic mass is 10.0. The molecule has 1 unspecified atom stereocenters. The first-order valence-electron chi connectivity index (χ1n) is 6.50. The molecular formula is C12H17N5O. The van der Waals surface area contributed by atoms with Crippen molar-refractivity contribution in [2.75, 3.05) is 6.54 Å². The first-order valence-corrected chi connectivity index (χ1v) is 6.50. The third kappa shape index (κ3) is 1.92. The molecule has 0 bridgehead atoms. The molecule has 0 saturated carbocycles. The lowest BCUT2D eigenvalue weighted by molar-refractivity contribution is 0.405. The van der Waals surface area contributed by atoms with Crippen molar-refractivity contribution in [1.82, 2.24) is 24.9 Å². The summed E-state index contributed by atoms with van der Waals surface area (Å²) in [7, 11) is 0. The highest BCUT2D eigenvalue weighted by atomic mass is 16.1. The van der Waals surface area contributed by atoms with Gasteiger partial charge in [0.1, 0.15) is 5.82 Å². The van der Waals surface area contributed by atoms with Crippen LogP contribution in [-0.2, 0) is 6.42 Å². The molecule has 1 aliphatic heterocycles. The number of aromatic nitrogens is 4. The molecular weight excluding hydrogens is 230 g/mol. The van der Waals surface area contributed by atoms with Crippen molar-refractivity contribution in [3.8, 4) is 0 Å². The second-order valence-corrected chi connectivity index (χ2v) is 4.68. The monoisotopic (exact) mass is 247 g/mol. The zero-order chi connectivity index (χ0) is 12.5. The van der Waals surface area contributed by atoms with Crippen LogP contribution in [0.5, 0.6) is 0 Å². The van der Waals surface area contributed by atoms with Gasteiger partial charge < -0.3 is 5.32 Å². The Kier molecular flexibility index (Phi) is 2.87. The van der Waals surface area contributed by atoms with E-state index in [4.69, 9.17) is 0 Å². The number of nitrogens with one attached hydrogen (secondary N) is 2. The summed E-state index contributed by atoms with van der Waals surface area (Å²) < 4.78 is 1.41. The number of piperidine rings is 1. The summed E-state index contributed by atoms with van der Waals surface area (Å²) in [5, 5.41) is 6.35. The van der Waals surface area contributed by atoms with Crippen LogP contribution in [0, 0.1) is 0 Å². The molecule has 1 aliphatic rings. The number of rotatable bonds is 2. The second kappa shape index (κ2) is 4.53. The molecule has 6 nitrogen and oxygen atoms in total. The first-order chi connectivity index (χ1) is 8.78. The molecule has 0 amide bonds. The van der Waals surface area contributed by atoms with E-state index in [1.807, 2.05) is 6.92 Å². The van der Waals surface area contributed by atoms with Crippen molar-refractivity contribution >= 4 is 5.78 Å². The molecule has 0 radical (unpaired) electrons. The number of H-pyrrole nitrogens is 1. The molecule has 3 heterocycles. The van der Waals surface area contributed by atoms with Crippen LogP contribution in [0.15, 0.2) is 10.9 Å². The standard InChI is InChI=1S/C12H17N5O/c1-2-10-15-12-14-9(7-11(18)17(12)16-10)8-5-3-4-6-13-8/h7-8,13H,2-6H2,1H3,(H,14,15,16). The van der Waals surface area contributed by atoms with E-state index in [2.05, 4.69) is 20.4 Å². The Labute approximate surface area is 104 Å². The maximum atomic E-state index is 12.0. The summed E-state index contributed by atoms with van der Waals surface area (Å²) in [6.07, 6.45) is 4.17. The van der Waals surface area contributed by atoms with Crippen molar-refractivity contribution < 1.29 is 0 Å². The van der Waals surface area contributed by atoms with Gasteiger partial charge in [-0.3, -0.25) is 9.89 Å². The van der Waals surface area contributed by atoms with Crippen LogP contribution in [0.1, 0.15) is 43.7 Å². The molecule has 6 heteroatoms. The van der Waals surface area contributed by atoms with E-state index < -0.39 is 0 Å². The van der Waals surface area contributed by atoms with E-state index in [1.54, 1.807) is 6.07 Å². The molecule has 0 aromatic carbocycles. The Hall–Kier alpha value is -1.69. The summed E-state index contributed by atoms with van der Waals surface area (Å²) >= 11 is 0. The number of aromatic amines is 1. The SMILES string of the molecule is CCc1nc2nc(C3CCCCN3)cc(=O)n2[nH]1. The van der Waals surface area contributed by atoms with Crippen LogP contribution in [0.2, 0.25) is 0 Å². The molecule has 0 aliphatic carbocycles. The number of aryl methyl sites for hydroxylation is 1. The van der Waals surface area contributed by atoms with Crippen LogP contribution >= 0.6 is 0 Å². The van der Waals surface area contributed by atoms with Crippen molar-refractivity contribution in [2.24, 2.45) is 0 Å². The smallest absolute Gasteiger partial charge is 0.274 e. The Bertz CT molecular complexity index is 608. The summed E-state index contributed by atoms with van der Waals surface area (Å²) in [6.45, 7) is 2.98. The zero-order valence-electron chi connectivity index (χ0n) is 10.4. The van der Waals surface area contributed by atoms with Crippen LogP contribution in [0.25, 0.3) is 5.78 Å². The minimum Gasteiger partial charge on any atom is -0.309 e. The van der Waals surface area contributed by atoms with Gasteiger partial charge in [-0.2, -0.15) is 9.50 Å². The van der Waals surface area contributed by atoms with Gasteiger partial charge in [-0.25, -0.2) is 4.98 Å². The number of hydrogen-bond donors (Lipinski definition) is 2. The van der Waals surface area contributed by atoms with Gasteiger partial charge in [-0.1, -0.05) is 13.3 Å². The Morgan fingerprint density at radius 3 is 3.06 bits per heavy atom. The number of nitrogens with zero attached hydrogens (tertiary/aromatic N) is 3. The van der Waals surface area contributed by atoms with Crippen LogP contribution in [0.3, 0.4) is 0 Å². The minimum absolute atomic E-state index is 0.0884. The maximum absolute atomic E-state index is 12.0. The molecule has 0 spiro atoms. The maximum Gasteiger partial charge on any atom is 0.274 e. The van der Waals surface area contributed by atoms with E-state index >= 15 is 0 Å². The van der Waals surface area contributed by atoms with E-state index in [0.717, 1.165) is 30.9 Å². The van der Waals surface area contributed by atoms with Crippen molar-refractivity contribution in [3.05, 3.63) is 27.9 Å². The molecule has 2 N–H and O–H groups in total.